The Labute approximate surface area is 189 Å². The van der Waals surface area contributed by atoms with Gasteiger partial charge in [-0.3, -0.25) is 4.90 Å². The number of anilines is 1. The molecule has 0 atom stereocenters. The summed E-state index contributed by atoms with van der Waals surface area (Å²) in [4.78, 5) is 9.48. The number of fused-ring (bicyclic) bond motifs is 3. The molecule has 0 aliphatic carbocycles. The van der Waals surface area contributed by atoms with E-state index in [0.29, 0.717) is 0 Å². The standard InChI is InChI=1S/C27H26ClN3/c1-2-20-8-10-21(11-9-20)17-31-19-23-18-30(16-22-5-3-6-24(28)15-22)14-12-25(23)26-7-4-13-29-27(26)31/h3-13,15,19H,2,14,16-18H2,1H3. The summed E-state index contributed by atoms with van der Waals surface area (Å²) in [6, 6.07) is 21.3. The molecule has 1 aromatic heterocycles. The summed E-state index contributed by atoms with van der Waals surface area (Å²) >= 11 is 6.19. The van der Waals surface area contributed by atoms with Crippen molar-refractivity contribution in [2.75, 3.05) is 18.0 Å². The second kappa shape index (κ2) is 8.70. The second-order valence-corrected chi connectivity index (χ2v) is 8.68. The molecule has 0 unspecified atom stereocenters. The number of halogens is 1. The third-order valence-corrected chi connectivity index (χ3v) is 6.27. The second-order valence-electron chi connectivity index (χ2n) is 8.24. The van der Waals surface area contributed by atoms with E-state index in [-0.39, 0.29) is 0 Å². The fraction of sp³-hybridized carbons (Fsp3) is 0.222. The number of aromatic nitrogens is 1. The molecule has 0 N–H and O–H groups in total. The summed E-state index contributed by atoms with van der Waals surface area (Å²) < 4.78 is 0. The van der Waals surface area contributed by atoms with E-state index in [4.69, 9.17) is 16.6 Å². The van der Waals surface area contributed by atoms with Gasteiger partial charge in [-0.1, -0.05) is 61.0 Å². The summed E-state index contributed by atoms with van der Waals surface area (Å²) in [6.07, 6.45) is 7.58. The summed E-state index contributed by atoms with van der Waals surface area (Å²) in [6.45, 7) is 5.74. The zero-order valence-electron chi connectivity index (χ0n) is 17.8. The normalized spacial score (nSPS) is 15.7. The highest BCUT2D eigenvalue weighted by molar-refractivity contribution is 6.30. The van der Waals surface area contributed by atoms with Gasteiger partial charge in [0.25, 0.3) is 0 Å². The van der Waals surface area contributed by atoms with Crippen molar-refractivity contribution in [2.24, 2.45) is 0 Å². The molecule has 3 aromatic rings. The van der Waals surface area contributed by atoms with Crippen LogP contribution in [0.5, 0.6) is 0 Å². The molecule has 0 amide bonds. The predicted octanol–water partition coefficient (Wildman–Crippen LogP) is 6.10. The van der Waals surface area contributed by atoms with E-state index in [1.807, 2.05) is 24.4 Å². The Balaban J connectivity index is 1.42. The van der Waals surface area contributed by atoms with Crippen molar-refractivity contribution in [3.05, 3.63) is 112 Å². The predicted molar refractivity (Wildman–Crippen MR) is 129 cm³/mol. The van der Waals surface area contributed by atoms with Crippen molar-refractivity contribution in [2.45, 2.75) is 26.4 Å². The van der Waals surface area contributed by atoms with Gasteiger partial charge in [0, 0.05) is 49.2 Å². The highest BCUT2D eigenvalue weighted by atomic mass is 35.5. The first kappa shape index (κ1) is 20.0. The van der Waals surface area contributed by atoms with Gasteiger partial charge >= 0.3 is 0 Å². The molecule has 5 rings (SSSR count). The zero-order valence-corrected chi connectivity index (χ0v) is 18.5. The monoisotopic (exact) mass is 427 g/mol. The van der Waals surface area contributed by atoms with Gasteiger partial charge in [0.15, 0.2) is 0 Å². The fourth-order valence-electron chi connectivity index (χ4n) is 4.43. The quantitative estimate of drug-likeness (QED) is 0.490. The first-order chi connectivity index (χ1) is 15.2. The molecule has 3 nitrogen and oxygen atoms in total. The van der Waals surface area contributed by atoms with E-state index < -0.39 is 0 Å². The average molecular weight is 428 g/mol. The molecule has 156 valence electrons. The van der Waals surface area contributed by atoms with Gasteiger partial charge in [0.2, 0.25) is 0 Å². The third-order valence-electron chi connectivity index (χ3n) is 6.03. The number of benzene rings is 2. The van der Waals surface area contributed by atoms with Crippen LogP contribution in [0.4, 0.5) is 5.82 Å². The maximum absolute atomic E-state index is 6.19. The molecule has 0 saturated carbocycles. The first-order valence-corrected chi connectivity index (χ1v) is 11.3. The largest absolute Gasteiger partial charge is 0.328 e. The van der Waals surface area contributed by atoms with Crippen LogP contribution in [0.15, 0.2) is 84.7 Å². The number of pyridine rings is 1. The third kappa shape index (κ3) is 4.30. The van der Waals surface area contributed by atoms with E-state index in [0.717, 1.165) is 43.4 Å². The van der Waals surface area contributed by atoms with Crippen molar-refractivity contribution < 1.29 is 0 Å². The Kier molecular flexibility index (Phi) is 5.63. The van der Waals surface area contributed by atoms with Crippen LogP contribution in [0.3, 0.4) is 0 Å². The minimum Gasteiger partial charge on any atom is -0.328 e. The Bertz CT molecular complexity index is 1150. The lowest BCUT2D eigenvalue weighted by atomic mass is 9.92. The molecule has 31 heavy (non-hydrogen) atoms. The molecule has 2 aliphatic heterocycles. The Morgan fingerprint density at radius 1 is 0.935 bits per heavy atom. The molecular weight excluding hydrogens is 402 g/mol. The minimum absolute atomic E-state index is 0.794. The Morgan fingerprint density at radius 2 is 1.77 bits per heavy atom. The lowest BCUT2D eigenvalue weighted by Gasteiger charge is -2.35. The number of hydrogen-bond donors (Lipinski definition) is 0. The summed E-state index contributed by atoms with van der Waals surface area (Å²) in [7, 11) is 0. The lowest BCUT2D eigenvalue weighted by Crippen LogP contribution is -2.33. The number of aryl methyl sites for hydroxylation is 1. The van der Waals surface area contributed by atoms with Gasteiger partial charge in [0.1, 0.15) is 5.82 Å². The topological polar surface area (TPSA) is 19.4 Å². The first-order valence-electron chi connectivity index (χ1n) is 10.9. The molecule has 0 radical (unpaired) electrons. The van der Waals surface area contributed by atoms with Crippen LogP contribution in [0.1, 0.15) is 29.2 Å². The summed E-state index contributed by atoms with van der Waals surface area (Å²) in [5.74, 6) is 1.04. The maximum Gasteiger partial charge on any atom is 0.140 e. The van der Waals surface area contributed by atoms with E-state index in [2.05, 4.69) is 71.5 Å². The van der Waals surface area contributed by atoms with Crippen molar-refractivity contribution in [3.63, 3.8) is 0 Å². The molecule has 0 spiro atoms. The summed E-state index contributed by atoms with van der Waals surface area (Å²) in [5, 5.41) is 0.794. The Hall–Kier alpha value is -2.88. The Morgan fingerprint density at radius 3 is 2.58 bits per heavy atom. The SMILES string of the molecule is CCc1ccc(CN2C=C3CN(Cc4cccc(Cl)c4)CC=C3c3cccnc32)cc1. The molecule has 4 heteroatoms. The van der Waals surface area contributed by atoms with Crippen LogP contribution < -0.4 is 4.90 Å². The van der Waals surface area contributed by atoms with Gasteiger partial charge in [-0.15, -0.1) is 0 Å². The van der Waals surface area contributed by atoms with E-state index >= 15 is 0 Å². The van der Waals surface area contributed by atoms with Gasteiger partial charge in [-0.25, -0.2) is 4.98 Å². The van der Waals surface area contributed by atoms with E-state index in [1.54, 1.807) is 0 Å². The minimum atomic E-state index is 0.794. The number of nitrogens with zero attached hydrogens (tertiary/aromatic N) is 3. The van der Waals surface area contributed by atoms with Gasteiger partial charge in [0.05, 0.1) is 0 Å². The molecule has 0 saturated heterocycles. The van der Waals surface area contributed by atoms with Crippen LogP contribution in [0.25, 0.3) is 5.57 Å². The van der Waals surface area contributed by atoms with Crippen LogP contribution in [-0.4, -0.2) is 23.0 Å². The summed E-state index contributed by atoms with van der Waals surface area (Å²) in [5.41, 5.74) is 7.81. The molecule has 0 bridgehead atoms. The van der Waals surface area contributed by atoms with Gasteiger partial charge < -0.3 is 4.90 Å². The zero-order chi connectivity index (χ0) is 21.2. The lowest BCUT2D eigenvalue weighted by molar-refractivity contribution is 0.317. The van der Waals surface area contributed by atoms with E-state index in [9.17, 15) is 0 Å². The average Bonchev–Trinajstić information content (AvgIpc) is 2.79. The molecule has 3 heterocycles. The van der Waals surface area contributed by atoms with Crippen molar-refractivity contribution in [1.29, 1.82) is 0 Å². The number of hydrogen-bond acceptors (Lipinski definition) is 3. The number of rotatable bonds is 5. The molecule has 2 aliphatic rings. The molecule has 0 fully saturated rings. The van der Waals surface area contributed by atoms with Gasteiger partial charge in [-0.05, 0) is 58.5 Å². The molecule has 2 aromatic carbocycles. The smallest absolute Gasteiger partial charge is 0.140 e. The van der Waals surface area contributed by atoms with Crippen molar-refractivity contribution >= 4 is 23.0 Å². The highest BCUT2D eigenvalue weighted by Gasteiger charge is 2.27. The van der Waals surface area contributed by atoms with Crippen LogP contribution >= 0.6 is 11.6 Å². The van der Waals surface area contributed by atoms with Crippen molar-refractivity contribution in [3.8, 4) is 0 Å². The molecular formula is C27H26ClN3. The van der Waals surface area contributed by atoms with Crippen LogP contribution in [0, 0.1) is 0 Å². The van der Waals surface area contributed by atoms with E-state index in [1.165, 1.54) is 33.4 Å². The maximum atomic E-state index is 6.19. The van der Waals surface area contributed by atoms with Gasteiger partial charge in [-0.2, -0.15) is 0 Å². The highest BCUT2D eigenvalue weighted by Crippen LogP contribution is 2.38. The van der Waals surface area contributed by atoms with Crippen LogP contribution in [0.2, 0.25) is 5.02 Å². The van der Waals surface area contributed by atoms with Crippen LogP contribution in [-0.2, 0) is 19.5 Å². The fourth-order valence-corrected chi connectivity index (χ4v) is 4.65. The van der Waals surface area contributed by atoms with Crippen molar-refractivity contribution in [1.82, 2.24) is 9.88 Å².